The molecule has 0 aliphatic carbocycles. The summed E-state index contributed by atoms with van der Waals surface area (Å²) in [6, 6.07) is 23.7. The number of pyridine rings is 1. The summed E-state index contributed by atoms with van der Waals surface area (Å²) in [4.78, 5) is 33.0. The maximum atomic E-state index is 13.7. The van der Waals surface area contributed by atoms with E-state index >= 15 is 0 Å². The van der Waals surface area contributed by atoms with Crippen molar-refractivity contribution in [1.29, 1.82) is 0 Å². The largest absolute Gasteiger partial charge is 0.497 e. The third-order valence-electron chi connectivity index (χ3n) is 6.79. The molecule has 8 nitrogen and oxygen atoms in total. The Kier molecular flexibility index (Phi) is 7.29. The first kappa shape index (κ1) is 25.9. The monoisotopic (exact) mass is 522 g/mol. The van der Waals surface area contributed by atoms with E-state index in [0.717, 1.165) is 16.5 Å². The van der Waals surface area contributed by atoms with Crippen LogP contribution in [-0.2, 0) is 0 Å². The molecule has 1 atom stereocenters. The maximum Gasteiger partial charge on any atom is 0.284 e. The van der Waals surface area contributed by atoms with Crippen molar-refractivity contribution in [2.75, 3.05) is 18.6 Å². The summed E-state index contributed by atoms with van der Waals surface area (Å²) in [5.74, 6) is 0.326. The van der Waals surface area contributed by atoms with Crippen LogP contribution in [0, 0.1) is 6.92 Å². The molecule has 5 aromatic rings. The Hall–Kier alpha value is -4.69. The summed E-state index contributed by atoms with van der Waals surface area (Å²) in [6.07, 6.45) is 1.48. The molecule has 8 heteroatoms. The highest BCUT2D eigenvalue weighted by Gasteiger charge is 2.26. The van der Waals surface area contributed by atoms with Gasteiger partial charge in [0.1, 0.15) is 17.4 Å². The number of amides is 1. The zero-order valence-corrected chi connectivity index (χ0v) is 22.1. The Labute approximate surface area is 226 Å². The Morgan fingerprint density at radius 1 is 1.08 bits per heavy atom. The number of ether oxygens (including phenoxy) is 1. The molecule has 0 fully saturated rings. The molecule has 5 rings (SSSR count). The average Bonchev–Trinajstić information content (AvgIpc) is 3.28. The summed E-state index contributed by atoms with van der Waals surface area (Å²) in [7, 11) is 1.60. The number of anilines is 1. The third kappa shape index (κ3) is 4.94. The number of H-pyrrole nitrogens is 1. The minimum absolute atomic E-state index is 0.107. The van der Waals surface area contributed by atoms with Gasteiger partial charge < -0.3 is 14.7 Å². The molecule has 0 saturated carbocycles. The van der Waals surface area contributed by atoms with Crippen molar-refractivity contribution in [1.82, 2.24) is 14.8 Å². The first-order valence-corrected chi connectivity index (χ1v) is 12.8. The fraction of sp³-hybridized carbons (Fsp3) is 0.194. The van der Waals surface area contributed by atoms with Crippen LogP contribution in [0.3, 0.4) is 0 Å². The second-order valence-electron chi connectivity index (χ2n) is 9.32. The Morgan fingerprint density at radius 3 is 2.51 bits per heavy atom. The summed E-state index contributed by atoms with van der Waals surface area (Å²) < 4.78 is 6.68. The molecule has 0 radical (unpaired) electrons. The molecule has 39 heavy (non-hydrogen) atoms. The van der Waals surface area contributed by atoms with E-state index in [1.165, 1.54) is 4.68 Å². The number of aryl methyl sites for hydroxylation is 1. The molecular formula is C31H30N4O4. The van der Waals surface area contributed by atoms with Gasteiger partial charge in [-0.1, -0.05) is 37.3 Å². The van der Waals surface area contributed by atoms with Crippen molar-refractivity contribution in [3.8, 4) is 11.4 Å². The van der Waals surface area contributed by atoms with Crippen LogP contribution < -0.4 is 15.2 Å². The van der Waals surface area contributed by atoms with Crippen LogP contribution in [0.2, 0.25) is 0 Å². The quantitative estimate of drug-likeness (QED) is 0.293. The van der Waals surface area contributed by atoms with Gasteiger partial charge in [-0.15, -0.1) is 0 Å². The van der Waals surface area contributed by atoms with Gasteiger partial charge in [0.25, 0.3) is 11.5 Å². The number of aromatic nitrogens is 3. The molecule has 0 aliphatic rings. The fourth-order valence-electron chi connectivity index (χ4n) is 4.80. The van der Waals surface area contributed by atoms with Crippen LogP contribution in [0.25, 0.3) is 16.6 Å². The average molecular weight is 523 g/mol. The predicted molar refractivity (Wildman–Crippen MR) is 152 cm³/mol. The number of methoxy groups -OCH3 is 1. The number of fused-ring (bicyclic) bond motifs is 1. The molecule has 0 spiro atoms. The molecule has 0 bridgehead atoms. The zero-order chi connectivity index (χ0) is 27.5. The Morgan fingerprint density at radius 2 is 1.82 bits per heavy atom. The first-order chi connectivity index (χ1) is 18.9. The molecule has 1 amide bonds. The van der Waals surface area contributed by atoms with Crippen LogP contribution in [0.15, 0.2) is 89.9 Å². The van der Waals surface area contributed by atoms with Gasteiger partial charge in [-0.25, -0.2) is 4.68 Å². The SMILES string of the molecule is CCCN(C(=O)c1c(C)[nH]n(-c2ccccc2)c1=O)c1ccc(C(O)c2ccnc3cc(OC)ccc23)cc1. The van der Waals surface area contributed by atoms with Gasteiger partial charge in [0.2, 0.25) is 0 Å². The predicted octanol–water partition coefficient (Wildman–Crippen LogP) is 5.17. The van der Waals surface area contributed by atoms with Crippen LogP contribution >= 0.6 is 0 Å². The molecule has 2 aromatic heterocycles. The number of carbonyl (C=O) groups is 1. The standard InChI is InChI=1S/C31H30N4O4/c1-4-18-34(30(37)28-20(2)33-35(31(28)38)23-8-6-5-7-9-23)22-12-10-21(11-13-22)29(36)26-16-17-32-27-19-24(39-3)14-15-25(26)27/h5-17,19,29,33,36H,4,18H2,1-3H3. The van der Waals surface area contributed by atoms with E-state index in [9.17, 15) is 14.7 Å². The lowest BCUT2D eigenvalue weighted by molar-refractivity contribution is 0.0985. The highest BCUT2D eigenvalue weighted by atomic mass is 16.5. The van der Waals surface area contributed by atoms with Crippen LogP contribution in [0.1, 0.15) is 46.6 Å². The number of benzene rings is 3. The van der Waals surface area contributed by atoms with Gasteiger partial charge in [-0.3, -0.25) is 19.7 Å². The van der Waals surface area contributed by atoms with Gasteiger partial charge in [-0.2, -0.15) is 0 Å². The van der Waals surface area contributed by atoms with Crippen LogP contribution in [-0.4, -0.2) is 39.4 Å². The Bertz CT molecular complexity index is 1670. The number of nitrogens with one attached hydrogen (secondary N) is 1. The van der Waals surface area contributed by atoms with Gasteiger partial charge in [0, 0.05) is 35.6 Å². The molecular weight excluding hydrogens is 492 g/mol. The number of carbonyl (C=O) groups excluding carboxylic acids is 1. The lowest BCUT2D eigenvalue weighted by atomic mass is 9.98. The topological polar surface area (TPSA) is 100 Å². The summed E-state index contributed by atoms with van der Waals surface area (Å²) in [5, 5.41) is 15.1. The highest BCUT2D eigenvalue weighted by Crippen LogP contribution is 2.31. The van der Waals surface area contributed by atoms with E-state index in [-0.39, 0.29) is 11.5 Å². The lowest BCUT2D eigenvalue weighted by Crippen LogP contribution is -2.35. The molecule has 2 N–H and O–H groups in total. The number of para-hydroxylation sites is 1. The number of rotatable bonds is 8. The smallest absolute Gasteiger partial charge is 0.284 e. The second kappa shape index (κ2) is 11.0. The minimum atomic E-state index is -0.890. The number of nitrogens with zero attached hydrogens (tertiary/aromatic N) is 3. The number of hydrogen-bond donors (Lipinski definition) is 2. The molecule has 0 aliphatic heterocycles. The minimum Gasteiger partial charge on any atom is -0.497 e. The van der Waals surface area contributed by atoms with Crippen molar-refractivity contribution in [2.45, 2.75) is 26.4 Å². The van der Waals surface area contributed by atoms with Crippen molar-refractivity contribution < 1.29 is 14.6 Å². The van der Waals surface area contributed by atoms with Crippen molar-refractivity contribution >= 4 is 22.5 Å². The maximum absolute atomic E-state index is 13.7. The third-order valence-corrected chi connectivity index (χ3v) is 6.79. The summed E-state index contributed by atoms with van der Waals surface area (Å²) >= 11 is 0. The van der Waals surface area contributed by atoms with E-state index in [4.69, 9.17) is 4.74 Å². The van der Waals surface area contributed by atoms with E-state index < -0.39 is 11.7 Å². The summed E-state index contributed by atoms with van der Waals surface area (Å²) in [5.41, 5.74) is 3.65. The van der Waals surface area contributed by atoms with Crippen molar-refractivity contribution in [3.05, 3.63) is 118 Å². The van der Waals surface area contributed by atoms with E-state index in [1.807, 2.05) is 55.5 Å². The molecule has 2 heterocycles. The number of aliphatic hydroxyl groups excluding tert-OH is 1. The van der Waals surface area contributed by atoms with Crippen molar-refractivity contribution in [3.63, 3.8) is 0 Å². The van der Waals surface area contributed by atoms with E-state index in [1.54, 1.807) is 55.5 Å². The zero-order valence-electron chi connectivity index (χ0n) is 22.1. The van der Waals surface area contributed by atoms with Gasteiger partial charge in [0.05, 0.1) is 18.3 Å². The Balaban J connectivity index is 1.45. The van der Waals surface area contributed by atoms with Gasteiger partial charge in [-0.05, 0) is 66.9 Å². The second-order valence-corrected chi connectivity index (χ2v) is 9.32. The molecule has 3 aromatic carbocycles. The molecule has 0 saturated heterocycles. The number of aromatic amines is 1. The van der Waals surface area contributed by atoms with Crippen LogP contribution in [0.5, 0.6) is 5.75 Å². The van der Waals surface area contributed by atoms with Crippen LogP contribution in [0.4, 0.5) is 5.69 Å². The van der Waals surface area contributed by atoms with Gasteiger partial charge >= 0.3 is 0 Å². The summed E-state index contributed by atoms with van der Waals surface area (Å²) in [6.45, 7) is 4.15. The lowest BCUT2D eigenvalue weighted by Gasteiger charge is -2.23. The van der Waals surface area contributed by atoms with E-state index in [2.05, 4.69) is 10.1 Å². The molecule has 198 valence electrons. The van der Waals surface area contributed by atoms with Crippen molar-refractivity contribution in [2.24, 2.45) is 0 Å². The number of aliphatic hydroxyl groups is 1. The number of hydrogen-bond acceptors (Lipinski definition) is 5. The van der Waals surface area contributed by atoms with E-state index in [0.29, 0.717) is 41.3 Å². The normalized spacial score (nSPS) is 11.9. The van der Waals surface area contributed by atoms with Gasteiger partial charge in [0.15, 0.2) is 0 Å². The fourth-order valence-corrected chi connectivity index (χ4v) is 4.80. The molecule has 1 unspecified atom stereocenters. The highest BCUT2D eigenvalue weighted by molar-refractivity contribution is 6.06. The first-order valence-electron chi connectivity index (χ1n) is 12.8.